The van der Waals surface area contributed by atoms with E-state index in [1.807, 2.05) is 56.3 Å². The molecular weight excluding hydrogens is 465 g/mol. The number of hydrogen-bond donors (Lipinski definition) is 2. The zero-order valence-electron chi connectivity index (χ0n) is 19.7. The Hall–Kier alpha value is -3.72. The van der Waals surface area contributed by atoms with Gasteiger partial charge in [-0.1, -0.05) is 55.9 Å². The van der Waals surface area contributed by atoms with Crippen molar-refractivity contribution in [3.63, 3.8) is 0 Å². The number of carbonyl (C=O) groups excluding carboxylic acids is 2. The molecule has 0 saturated carbocycles. The highest BCUT2D eigenvalue weighted by Gasteiger charge is 2.25. The number of benzene rings is 3. The molecule has 180 valence electrons. The molecule has 7 nitrogen and oxygen atoms in total. The summed E-state index contributed by atoms with van der Waals surface area (Å²) in [5, 5.41) is 17.1. The average molecular weight is 492 g/mol. The highest BCUT2D eigenvalue weighted by molar-refractivity contribution is 7.99. The summed E-state index contributed by atoms with van der Waals surface area (Å²) in [5.74, 6) is -0.117. The number of aromatic nitrogens is 3. The van der Waals surface area contributed by atoms with Crippen molar-refractivity contribution in [2.24, 2.45) is 13.0 Å². The van der Waals surface area contributed by atoms with Gasteiger partial charge in [0.2, 0.25) is 5.91 Å². The summed E-state index contributed by atoms with van der Waals surface area (Å²) in [4.78, 5) is 25.2. The molecule has 0 aliphatic heterocycles. The lowest BCUT2D eigenvalue weighted by Gasteiger charge is -2.21. The number of thioether (sulfide) groups is 1. The van der Waals surface area contributed by atoms with Crippen LogP contribution in [-0.2, 0) is 11.8 Å². The van der Waals surface area contributed by atoms with Crippen LogP contribution in [0.15, 0.2) is 71.9 Å². The molecular formula is C26H26FN5O2S. The first-order chi connectivity index (χ1) is 16.8. The minimum Gasteiger partial charge on any atom is -0.342 e. The van der Waals surface area contributed by atoms with Crippen molar-refractivity contribution >= 4 is 40.0 Å². The molecule has 35 heavy (non-hydrogen) atoms. The fraction of sp³-hybridized carbons (Fsp3) is 0.231. The Morgan fingerprint density at radius 1 is 1.00 bits per heavy atom. The van der Waals surface area contributed by atoms with Crippen LogP contribution in [0.4, 0.5) is 10.1 Å². The molecule has 1 atom stereocenters. The Labute approximate surface area is 207 Å². The molecule has 3 aromatic carbocycles. The lowest BCUT2D eigenvalue weighted by atomic mass is 10.0. The van der Waals surface area contributed by atoms with Crippen LogP contribution in [0, 0.1) is 11.7 Å². The molecule has 0 aliphatic carbocycles. The van der Waals surface area contributed by atoms with E-state index < -0.39 is 11.9 Å². The van der Waals surface area contributed by atoms with Crippen molar-refractivity contribution in [1.29, 1.82) is 0 Å². The van der Waals surface area contributed by atoms with Gasteiger partial charge in [-0.3, -0.25) is 9.59 Å². The fourth-order valence-electron chi connectivity index (χ4n) is 3.67. The highest BCUT2D eigenvalue weighted by atomic mass is 32.2. The number of carbonyl (C=O) groups is 2. The molecule has 0 spiro atoms. The molecule has 0 fully saturated rings. The molecule has 0 unspecified atom stereocenters. The number of anilines is 1. The number of rotatable bonds is 8. The van der Waals surface area contributed by atoms with Crippen molar-refractivity contribution < 1.29 is 14.0 Å². The van der Waals surface area contributed by atoms with Gasteiger partial charge in [-0.25, -0.2) is 4.39 Å². The number of amides is 2. The van der Waals surface area contributed by atoms with Gasteiger partial charge in [0.1, 0.15) is 5.82 Å². The van der Waals surface area contributed by atoms with E-state index in [4.69, 9.17) is 0 Å². The first kappa shape index (κ1) is 24.4. The summed E-state index contributed by atoms with van der Waals surface area (Å²) in [5.41, 5.74) is 1.09. The average Bonchev–Trinajstić information content (AvgIpc) is 3.21. The molecule has 0 saturated heterocycles. The summed E-state index contributed by atoms with van der Waals surface area (Å²) in [6.07, 6.45) is 0. The predicted octanol–water partition coefficient (Wildman–Crippen LogP) is 4.97. The zero-order valence-corrected chi connectivity index (χ0v) is 20.5. The van der Waals surface area contributed by atoms with Crippen molar-refractivity contribution in [3.05, 3.63) is 83.9 Å². The van der Waals surface area contributed by atoms with E-state index in [1.165, 1.54) is 36.0 Å². The van der Waals surface area contributed by atoms with Crippen LogP contribution in [-0.4, -0.2) is 32.3 Å². The quantitative estimate of drug-likeness (QED) is 0.340. The molecule has 0 radical (unpaired) electrons. The van der Waals surface area contributed by atoms with E-state index in [2.05, 4.69) is 20.8 Å². The Kier molecular flexibility index (Phi) is 7.45. The van der Waals surface area contributed by atoms with Crippen molar-refractivity contribution in [1.82, 2.24) is 20.1 Å². The van der Waals surface area contributed by atoms with Crippen molar-refractivity contribution in [3.8, 4) is 0 Å². The normalized spacial score (nSPS) is 12.0. The van der Waals surface area contributed by atoms with Crippen LogP contribution < -0.4 is 10.6 Å². The van der Waals surface area contributed by atoms with Crippen LogP contribution in [0.25, 0.3) is 10.8 Å². The largest absolute Gasteiger partial charge is 0.342 e. The third kappa shape index (κ3) is 5.86. The minimum absolute atomic E-state index is 0.0244. The van der Waals surface area contributed by atoms with Crippen LogP contribution in [0.2, 0.25) is 0 Å². The van der Waals surface area contributed by atoms with Gasteiger partial charge in [-0.05, 0) is 53.1 Å². The van der Waals surface area contributed by atoms with Gasteiger partial charge in [0.25, 0.3) is 5.91 Å². The first-order valence-electron chi connectivity index (χ1n) is 11.2. The predicted molar refractivity (Wildman–Crippen MR) is 136 cm³/mol. The SMILES string of the molecule is CC(C)[C@@H](NC(=O)c1ccc(F)cc1)c1nnc(SCC(=O)Nc2ccc3ccccc3c2)n1C. The van der Waals surface area contributed by atoms with E-state index in [0.717, 1.165) is 16.5 Å². The third-order valence-corrected chi connectivity index (χ3v) is 6.59. The maximum atomic E-state index is 13.2. The molecule has 4 aromatic rings. The number of fused-ring (bicyclic) bond motifs is 1. The van der Waals surface area contributed by atoms with Gasteiger partial charge in [0.05, 0.1) is 11.8 Å². The molecule has 4 rings (SSSR count). The van der Waals surface area contributed by atoms with E-state index >= 15 is 0 Å². The Morgan fingerprint density at radius 2 is 1.71 bits per heavy atom. The second-order valence-electron chi connectivity index (χ2n) is 8.50. The lowest BCUT2D eigenvalue weighted by molar-refractivity contribution is -0.113. The summed E-state index contributed by atoms with van der Waals surface area (Å²) in [6, 6.07) is 18.7. The van der Waals surface area contributed by atoms with E-state index in [1.54, 1.807) is 11.6 Å². The standard InChI is InChI=1S/C26H26FN5O2S/c1-16(2)23(29-25(34)18-8-11-20(27)12-9-18)24-30-31-26(32(24)3)35-15-22(33)28-21-13-10-17-6-4-5-7-19(17)14-21/h4-14,16,23H,15H2,1-3H3,(H,28,33)(H,29,34)/t23-/m1/s1. The maximum absolute atomic E-state index is 13.2. The molecule has 2 amide bonds. The van der Waals surface area contributed by atoms with Gasteiger partial charge < -0.3 is 15.2 Å². The summed E-state index contributed by atoms with van der Waals surface area (Å²) < 4.78 is 15.0. The van der Waals surface area contributed by atoms with Gasteiger partial charge in [0, 0.05) is 18.3 Å². The molecule has 2 N–H and O–H groups in total. The molecule has 1 aromatic heterocycles. The first-order valence-corrected chi connectivity index (χ1v) is 12.2. The number of halogens is 1. The maximum Gasteiger partial charge on any atom is 0.251 e. The van der Waals surface area contributed by atoms with Gasteiger partial charge in [-0.15, -0.1) is 10.2 Å². The van der Waals surface area contributed by atoms with Crippen molar-refractivity contribution in [2.45, 2.75) is 25.0 Å². The number of nitrogens with one attached hydrogen (secondary N) is 2. The monoisotopic (exact) mass is 491 g/mol. The Morgan fingerprint density at radius 3 is 2.43 bits per heavy atom. The number of nitrogens with zero attached hydrogens (tertiary/aromatic N) is 3. The highest BCUT2D eigenvalue weighted by Crippen LogP contribution is 2.25. The van der Waals surface area contributed by atoms with Crippen LogP contribution in [0.5, 0.6) is 0 Å². The summed E-state index contributed by atoms with van der Waals surface area (Å²) >= 11 is 1.27. The summed E-state index contributed by atoms with van der Waals surface area (Å²) in [7, 11) is 1.80. The Balaban J connectivity index is 1.40. The summed E-state index contributed by atoms with van der Waals surface area (Å²) in [6.45, 7) is 3.93. The number of hydrogen-bond acceptors (Lipinski definition) is 5. The smallest absolute Gasteiger partial charge is 0.251 e. The lowest BCUT2D eigenvalue weighted by Crippen LogP contribution is -2.33. The topological polar surface area (TPSA) is 88.9 Å². The van der Waals surface area contributed by atoms with E-state index in [-0.39, 0.29) is 23.5 Å². The third-order valence-electron chi connectivity index (χ3n) is 5.57. The molecule has 9 heteroatoms. The second-order valence-corrected chi connectivity index (χ2v) is 9.44. The zero-order chi connectivity index (χ0) is 24.9. The van der Waals surface area contributed by atoms with Gasteiger partial charge >= 0.3 is 0 Å². The fourth-order valence-corrected chi connectivity index (χ4v) is 4.39. The van der Waals surface area contributed by atoms with Gasteiger partial charge in [0.15, 0.2) is 11.0 Å². The van der Waals surface area contributed by atoms with E-state index in [9.17, 15) is 14.0 Å². The van der Waals surface area contributed by atoms with Crippen molar-refractivity contribution in [2.75, 3.05) is 11.1 Å². The Bertz CT molecular complexity index is 1350. The van der Waals surface area contributed by atoms with Crippen LogP contribution in [0.3, 0.4) is 0 Å². The molecule has 1 heterocycles. The molecule has 0 bridgehead atoms. The second kappa shape index (κ2) is 10.7. The van der Waals surface area contributed by atoms with Gasteiger partial charge in [-0.2, -0.15) is 0 Å². The van der Waals surface area contributed by atoms with E-state index in [0.29, 0.717) is 16.5 Å². The van der Waals surface area contributed by atoms with Crippen LogP contribution in [0.1, 0.15) is 36.1 Å². The van der Waals surface area contributed by atoms with Crippen LogP contribution >= 0.6 is 11.8 Å². The molecule has 0 aliphatic rings. The minimum atomic E-state index is -0.411.